The second-order valence-electron chi connectivity index (χ2n) is 16.2. The van der Waals surface area contributed by atoms with Gasteiger partial charge in [-0.05, 0) is 122 Å². The maximum Gasteiger partial charge on any atom is 0.307 e. The topological polar surface area (TPSA) is 125 Å². The maximum atomic E-state index is 14.4. The molecule has 0 bridgehead atoms. The van der Waals surface area contributed by atoms with Crippen molar-refractivity contribution in [2.24, 2.45) is 11.8 Å². The third kappa shape index (κ3) is 7.62. The van der Waals surface area contributed by atoms with Crippen LogP contribution in [0.25, 0.3) is 0 Å². The average Bonchev–Trinajstić information content (AvgIpc) is 4.10. The molecule has 2 aromatic carbocycles. The van der Waals surface area contributed by atoms with Crippen LogP contribution in [0.1, 0.15) is 96.6 Å². The van der Waals surface area contributed by atoms with Gasteiger partial charge < -0.3 is 29.5 Å². The number of carboxylic acids is 2. The predicted molar refractivity (Wildman–Crippen MR) is 204 cm³/mol. The molecule has 0 radical (unpaired) electrons. The lowest BCUT2D eigenvalue weighted by atomic mass is 9.95. The number of rotatable bonds is 10. The third-order valence-electron chi connectivity index (χ3n) is 12.4. The average molecular weight is 765 g/mol. The van der Waals surface area contributed by atoms with Crippen molar-refractivity contribution in [3.05, 3.63) is 106 Å². The van der Waals surface area contributed by atoms with Gasteiger partial charge in [-0.25, -0.2) is 8.78 Å². The molecule has 0 unspecified atom stereocenters. The molecule has 10 rings (SSSR count). The van der Waals surface area contributed by atoms with Crippen LogP contribution in [0.4, 0.5) is 20.4 Å². The summed E-state index contributed by atoms with van der Waals surface area (Å²) in [7, 11) is 0. The standard InChI is InChI=1S/2C22H23FN2O3/c2*23-19-6-7-20(28-16-2-1-3-16)24-21(19)25-9-8-13-10-14(4-5-15(13)12-25)17-11-18(17)22(26)27/h2*4-7,10,16-18H,1-3,8-9,11-12H2,(H,26,27)/t2*17-,18+/m10/s1. The molecule has 292 valence electrons. The smallest absolute Gasteiger partial charge is 0.307 e. The molecule has 4 saturated carbocycles. The zero-order valence-electron chi connectivity index (χ0n) is 31.2. The van der Waals surface area contributed by atoms with E-state index in [-0.39, 0.29) is 47.5 Å². The van der Waals surface area contributed by atoms with Crippen molar-refractivity contribution in [2.75, 3.05) is 22.9 Å². The first-order chi connectivity index (χ1) is 27.2. The van der Waals surface area contributed by atoms with Crippen LogP contribution in [0, 0.1) is 23.5 Å². The van der Waals surface area contributed by atoms with Crippen LogP contribution in [0.2, 0.25) is 0 Å². The van der Waals surface area contributed by atoms with E-state index in [0.29, 0.717) is 49.6 Å². The molecular weight excluding hydrogens is 719 g/mol. The van der Waals surface area contributed by atoms with Crippen LogP contribution in [-0.4, -0.2) is 57.4 Å². The molecule has 0 saturated heterocycles. The fourth-order valence-electron chi connectivity index (χ4n) is 8.36. The molecule has 12 heteroatoms. The summed E-state index contributed by atoms with van der Waals surface area (Å²) >= 11 is 0. The highest BCUT2D eigenvalue weighted by Gasteiger charge is 2.45. The highest BCUT2D eigenvalue weighted by Crippen LogP contribution is 2.49. The van der Waals surface area contributed by atoms with E-state index in [1.54, 1.807) is 12.1 Å². The van der Waals surface area contributed by atoms with E-state index in [9.17, 15) is 18.4 Å². The number of aliphatic carboxylic acids is 2. The van der Waals surface area contributed by atoms with Crippen LogP contribution in [0.5, 0.6) is 11.8 Å². The first-order valence-electron chi connectivity index (χ1n) is 20.0. The Hall–Kier alpha value is -5.26. The summed E-state index contributed by atoms with van der Waals surface area (Å²) in [5, 5.41) is 18.3. The first-order valence-corrected chi connectivity index (χ1v) is 20.0. The number of anilines is 2. The van der Waals surface area contributed by atoms with Crippen LogP contribution in [0.3, 0.4) is 0 Å². The Morgan fingerprint density at radius 2 is 1.04 bits per heavy atom. The second-order valence-corrected chi connectivity index (χ2v) is 16.2. The summed E-state index contributed by atoms with van der Waals surface area (Å²) in [4.78, 5) is 35.0. The Labute approximate surface area is 324 Å². The number of hydrogen-bond donors (Lipinski definition) is 2. The zero-order valence-corrected chi connectivity index (χ0v) is 31.2. The molecule has 56 heavy (non-hydrogen) atoms. The van der Waals surface area contributed by atoms with Gasteiger partial charge in [-0.3, -0.25) is 9.59 Å². The normalized spacial score (nSPS) is 23.7. The highest BCUT2D eigenvalue weighted by atomic mass is 19.1. The Morgan fingerprint density at radius 1 is 0.607 bits per heavy atom. The van der Waals surface area contributed by atoms with Gasteiger partial charge in [-0.1, -0.05) is 36.4 Å². The number of nitrogens with zero attached hydrogens (tertiary/aromatic N) is 4. The van der Waals surface area contributed by atoms with Gasteiger partial charge in [0, 0.05) is 38.3 Å². The molecule has 4 heterocycles. The number of halogens is 2. The number of carboxylic acid groups (broad SMARTS) is 2. The molecule has 4 aromatic rings. The minimum absolute atomic E-state index is 0.139. The molecule has 0 amide bonds. The van der Waals surface area contributed by atoms with Crippen molar-refractivity contribution in [3.63, 3.8) is 0 Å². The summed E-state index contributed by atoms with van der Waals surface area (Å²) in [6.07, 6.45) is 9.98. The number of carbonyl (C=O) groups is 2. The van der Waals surface area contributed by atoms with Gasteiger partial charge in [0.15, 0.2) is 23.3 Å². The van der Waals surface area contributed by atoms with Crippen molar-refractivity contribution in [1.82, 2.24) is 9.97 Å². The van der Waals surface area contributed by atoms with E-state index in [0.717, 1.165) is 73.6 Å². The number of ether oxygens (including phenoxy) is 2. The van der Waals surface area contributed by atoms with Crippen molar-refractivity contribution in [2.45, 2.75) is 101 Å². The number of benzene rings is 2. The van der Waals surface area contributed by atoms with Gasteiger partial charge in [0.25, 0.3) is 0 Å². The van der Waals surface area contributed by atoms with Gasteiger partial charge >= 0.3 is 11.9 Å². The van der Waals surface area contributed by atoms with Crippen molar-refractivity contribution < 1.29 is 38.1 Å². The van der Waals surface area contributed by atoms with E-state index in [2.05, 4.69) is 34.2 Å². The molecule has 4 fully saturated rings. The molecule has 0 spiro atoms. The molecule has 4 atom stereocenters. The minimum Gasteiger partial charge on any atom is -0.481 e. The van der Waals surface area contributed by atoms with Gasteiger partial charge in [0.05, 0.1) is 11.8 Å². The maximum absolute atomic E-state index is 14.4. The lowest BCUT2D eigenvalue weighted by Gasteiger charge is -2.31. The molecule has 4 aliphatic carbocycles. The Balaban J connectivity index is 0.000000146. The van der Waals surface area contributed by atoms with E-state index in [4.69, 9.17) is 19.7 Å². The summed E-state index contributed by atoms with van der Waals surface area (Å²) in [6.45, 7) is 2.56. The summed E-state index contributed by atoms with van der Waals surface area (Å²) in [6, 6.07) is 18.5. The number of hydrogen-bond acceptors (Lipinski definition) is 8. The summed E-state index contributed by atoms with van der Waals surface area (Å²) < 4.78 is 40.6. The van der Waals surface area contributed by atoms with Crippen LogP contribution < -0.4 is 19.3 Å². The SMILES string of the molecule is O=C(O)[C@@H]1C[C@H]1c1ccc2c(c1)CCN(c1nc(OC3CCC3)ccc1F)C2.O=C(O)[C@H]1C[C@@H]1c1ccc2c(c1)CCN(c1nc(OC3CCC3)ccc1F)C2. The third-order valence-corrected chi connectivity index (χ3v) is 12.4. The Bertz CT molecular complexity index is 2010. The lowest BCUT2D eigenvalue weighted by Crippen LogP contribution is -2.32. The van der Waals surface area contributed by atoms with E-state index in [1.165, 1.54) is 36.1 Å². The zero-order chi connectivity index (χ0) is 38.5. The van der Waals surface area contributed by atoms with Crippen LogP contribution in [-0.2, 0) is 35.5 Å². The van der Waals surface area contributed by atoms with E-state index >= 15 is 0 Å². The fourth-order valence-corrected chi connectivity index (χ4v) is 8.36. The number of aromatic nitrogens is 2. The van der Waals surface area contributed by atoms with Crippen molar-refractivity contribution in [3.8, 4) is 11.8 Å². The van der Waals surface area contributed by atoms with Crippen molar-refractivity contribution in [1.29, 1.82) is 0 Å². The van der Waals surface area contributed by atoms with Gasteiger partial charge in [0.1, 0.15) is 12.2 Å². The monoisotopic (exact) mass is 764 g/mol. The number of fused-ring (bicyclic) bond motifs is 2. The Morgan fingerprint density at radius 3 is 1.39 bits per heavy atom. The second kappa shape index (κ2) is 15.0. The molecular formula is C44H46F2N4O6. The molecule has 2 aliphatic heterocycles. The molecule has 6 aliphatic rings. The summed E-state index contributed by atoms with van der Waals surface area (Å²) in [5.41, 5.74) is 6.97. The predicted octanol–water partition coefficient (Wildman–Crippen LogP) is 7.81. The van der Waals surface area contributed by atoms with Crippen LogP contribution in [0.15, 0.2) is 60.7 Å². The van der Waals surface area contributed by atoms with E-state index in [1.807, 2.05) is 21.9 Å². The Kier molecular flexibility index (Phi) is 9.75. The molecule has 10 nitrogen and oxygen atoms in total. The van der Waals surface area contributed by atoms with Gasteiger partial charge in [0.2, 0.25) is 11.8 Å². The summed E-state index contributed by atoms with van der Waals surface area (Å²) in [5.74, 6) is -0.596. The van der Waals surface area contributed by atoms with Crippen LogP contribution >= 0.6 is 0 Å². The fraction of sp³-hybridized carbons (Fsp3) is 0.455. The largest absolute Gasteiger partial charge is 0.481 e. The molecule has 2 aromatic heterocycles. The quantitative estimate of drug-likeness (QED) is 0.165. The van der Waals surface area contributed by atoms with Gasteiger partial charge in [-0.15, -0.1) is 0 Å². The number of pyridine rings is 2. The first kappa shape index (κ1) is 36.4. The van der Waals surface area contributed by atoms with Gasteiger partial charge in [-0.2, -0.15) is 9.97 Å². The minimum atomic E-state index is -0.709. The van der Waals surface area contributed by atoms with E-state index < -0.39 is 11.9 Å². The highest BCUT2D eigenvalue weighted by molar-refractivity contribution is 5.76. The lowest BCUT2D eigenvalue weighted by molar-refractivity contribution is -0.139. The molecule has 2 N–H and O–H groups in total. The van der Waals surface area contributed by atoms with Crippen molar-refractivity contribution >= 4 is 23.6 Å².